The van der Waals surface area contributed by atoms with Crippen molar-refractivity contribution in [3.8, 4) is 0 Å². The molecule has 0 bridgehead atoms. The number of nitrogens with one attached hydrogen (secondary N) is 1. The normalized spacial score (nSPS) is 12.4. The van der Waals surface area contributed by atoms with Gasteiger partial charge in [0.2, 0.25) is 0 Å². The first-order chi connectivity index (χ1) is 7.69. The summed E-state index contributed by atoms with van der Waals surface area (Å²) in [6.45, 7) is 5.31. The van der Waals surface area contributed by atoms with Gasteiger partial charge in [0.1, 0.15) is 0 Å². The lowest BCUT2D eigenvalue weighted by Crippen LogP contribution is -2.24. The maximum atomic E-state index is 11.8. The lowest BCUT2D eigenvalue weighted by molar-refractivity contribution is 0.712. The highest BCUT2D eigenvalue weighted by molar-refractivity contribution is 6.20. The van der Waals surface area contributed by atoms with Crippen LogP contribution < -0.4 is 10.9 Å². The Kier molecular flexibility index (Phi) is 5.32. The molecule has 5 heteroatoms. The molecule has 0 saturated heterocycles. The lowest BCUT2D eigenvalue weighted by atomic mass is 10.2. The minimum Gasteiger partial charge on any atom is -0.365 e. The van der Waals surface area contributed by atoms with Crippen LogP contribution in [0.15, 0.2) is 17.2 Å². The van der Waals surface area contributed by atoms with Crippen molar-refractivity contribution in [2.75, 3.05) is 11.9 Å². The summed E-state index contributed by atoms with van der Waals surface area (Å²) in [6, 6.07) is 0. The van der Waals surface area contributed by atoms with Gasteiger partial charge in [-0.1, -0.05) is 6.92 Å². The molecule has 16 heavy (non-hydrogen) atoms. The predicted octanol–water partition coefficient (Wildman–Crippen LogP) is 2.08. The van der Waals surface area contributed by atoms with Crippen molar-refractivity contribution in [2.24, 2.45) is 0 Å². The number of nitrogens with zero attached hydrogens (tertiary/aromatic N) is 2. The molecule has 1 unspecified atom stereocenters. The first kappa shape index (κ1) is 13.0. The van der Waals surface area contributed by atoms with Gasteiger partial charge in [-0.3, -0.25) is 4.79 Å². The zero-order valence-corrected chi connectivity index (χ0v) is 10.5. The van der Waals surface area contributed by atoms with Crippen molar-refractivity contribution in [1.29, 1.82) is 0 Å². The maximum absolute atomic E-state index is 11.8. The number of hydrogen-bond donors (Lipinski definition) is 1. The van der Waals surface area contributed by atoms with Gasteiger partial charge in [0.05, 0.1) is 0 Å². The fourth-order valence-electron chi connectivity index (χ4n) is 1.37. The Hall–Kier alpha value is -1.03. The average Bonchev–Trinajstić information content (AvgIpc) is 2.31. The molecule has 0 aliphatic rings. The third-order valence-electron chi connectivity index (χ3n) is 2.45. The summed E-state index contributed by atoms with van der Waals surface area (Å²) in [5.74, 6) is 0.407. The summed E-state index contributed by atoms with van der Waals surface area (Å²) in [4.78, 5) is 15.8. The molecule has 0 radical (unpaired) electrons. The third-order valence-corrected chi connectivity index (χ3v) is 2.97. The Labute approximate surface area is 101 Å². The summed E-state index contributed by atoms with van der Waals surface area (Å²) < 4.78 is 1.62. The standard InChI is InChI=1S/C11H18ClN3O/c1-3-9(12)5-6-13-10-11(16)15(4-2)8-7-14-10/h7-9H,3-6H2,1-2H3,(H,13,14). The predicted molar refractivity (Wildman–Crippen MR) is 67.2 cm³/mol. The molecule has 0 amide bonds. The number of aryl methyl sites for hydroxylation is 1. The van der Waals surface area contributed by atoms with E-state index in [0.717, 1.165) is 12.8 Å². The van der Waals surface area contributed by atoms with Gasteiger partial charge in [-0.05, 0) is 19.8 Å². The van der Waals surface area contributed by atoms with Crippen molar-refractivity contribution in [3.63, 3.8) is 0 Å². The highest BCUT2D eigenvalue weighted by Gasteiger charge is 2.04. The topological polar surface area (TPSA) is 46.9 Å². The second-order valence-corrected chi connectivity index (χ2v) is 4.21. The fraction of sp³-hybridized carbons (Fsp3) is 0.636. The van der Waals surface area contributed by atoms with Crippen LogP contribution in [-0.4, -0.2) is 21.5 Å². The van der Waals surface area contributed by atoms with Crippen LogP contribution in [-0.2, 0) is 6.54 Å². The molecule has 90 valence electrons. The van der Waals surface area contributed by atoms with Crippen LogP contribution in [0.2, 0.25) is 0 Å². The van der Waals surface area contributed by atoms with E-state index in [0.29, 0.717) is 18.9 Å². The monoisotopic (exact) mass is 243 g/mol. The molecule has 0 spiro atoms. The van der Waals surface area contributed by atoms with Crippen LogP contribution in [0.25, 0.3) is 0 Å². The summed E-state index contributed by atoms with van der Waals surface area (Å²) in [6.07, 6.45) is 5.08. The highest BCUT2D eigenvalue weighted by Crippen LogP contribution is 2.06. The third kappa shape index (κ3) is 3.52. The van der Waals surface area contributed by atoms with Crippen LogP contribution in [0.1, 0.15) is 26.7 Å². The zero-order chi connectivity index (χ0) is 12.0. The van der Waals surface area contributed by atoms with E-state index in [1.54, 1.807) is 17.0 Å². The number of rotatable bonds is 6. The van der Waals surface area contributed by atoms with Crippen LogP contribution in [0, 0.1) is 0 Å². The molecule has 1 N–H and O–H groups in total. The summed E-state index contributed by atoms with van der Waals surface area (Å²) >= 11 is 5.99. The molecular weight excluding hydrogens is 226 g/mol. The molecule has 0 saturated carbocycles. The summed E-state index contributed by atoms with van der Waals surface area (Å²) in [5.41, 5.74) is -0.0763. The van der Waals surface area contributed by atoms with Crippen LogP contribution in [0.5, 0.6) is 0 Å². The Bertz CT molecular complexity index is 378. The van der Waals surface area contributed by atoms with Gasteiger partial charge in [-0.15, -0.1) is 11.6 Å². The minimum absolute atomic E-state index is 0.0763. The maximum Gasteiger partial charge on any atom is 0.293 e. The van der Waals surface area contributed by atoms with E-state index >= 15 is 0 Å². The number of halogens is 1. The number of aromatic nitrogens is 2. The molecule has 1 aromatic rings. The van der Waals surface area contributed by atoms with E-state index in [-0.39, 0.29) is 10.9 Å². The minimum atomic E-state index is -0.0763. The van der Waals surface area contributed by atoms with Crippen LogP contribution in [0.4, 0.5) is 5.82 Å². The van der Waals surface area contributed by atoms with Gasteiger partial charge in [0.25, 0.3) is 5.56 Å². The summed E-state index contributed by atoms with van der Waals surface area (Å²) in [7, 11) is 0. The summed E-state index contributed by atoms with van der Waals surface area (Å²) in [5, 5.41) is 3.18. The Morgan fingerprint density at radius 3 is 2.94 bits per heavy atom. The largest absolute Gasteiger partial charge is 0.365 e. The van der Waals surface area contributed by atoms with Crippen LogP contribution >= 0.6 is 11.6 Å². The molecule has 0 aromatic carbocycles. The van der Waals surface area contributed by atoms with Gasteiger partial charge < -0.3 is 9.88 Å². The van der Waals surface area contributed by atoms with Crippen molar-refractivity contribution in [1.82, 2.24) is 9.55 Å². The van der Waals surface area contributed by atoms with Crippen LogP contribution in [0.3, 0.4) is 0 Å². The second-order valence-electron chi connectivity index (χ2n) is 3.59. The molecule has 1 heterocycles. The molecule has 4 nitrogen and oxygen atoms in total. The van der Waals surface area contributed by atoms with Crippen molar-refractivity contribution >= 4 is 17.4 Å². The number of anilines is 1. The SMILES string of the molecule is CCC(Cl)CCNc1nccn(CC)c1=O. The average molecular weight is 244 g/mol. The number of alkyl halides is 1. The first-order valence-corrected chi connectivity index (χ1v) is 6.06. The van der Waals surface area contributed by atoms with E-state index in [9.17, 15) is 4.79 Å². The van der Waals surface area contributed by atoms with E-state index in [4.69, 9.17) is 11.6 Å². The smallest absolute Gasteiger partial charge is 0.293 e. The quantitative estimate of drug-likeness (QED) is 0.779. The molecule has 0 aliphatic carbocycles. The first-order valence-electron chi connectivity index (χ1n) is 5.62. The zero-order valence-electron chi connectivity index (χ0n) is 9.74. The van der Waals surface area contributed by atoms with Gasteiger partial charge >= 0.3 is 0 Å². The molecule has 1 rings (SSSR count). The number of hydrogen-bond acceptors (Lipinski definition) is 3. The molecule has 0 aliphatic heterocycles. The Balaban J connectivity index is 2.57. The fourth-order valence-corrected chi connectivity index (χ4v) is 1.48. The van der Waals surface area contributed by atoms with Gasteiger partial charge in [-0.25, -0.2) is 4.98 Å². The van der Waals surface area contributed by atoms with Crippen molar-refractivity contribution in [2.45, 2.75) is 38.6 Å². The molecule has 0 fully saturated rings. The Morgan fingerprint density at radius 2 is 2.31 bits per heavy atom. The van der Waals surface area contributed by atoms with E-state index in [2.05, 4.69) is 10.3 Å². The highest BCUT2D eigenvalue weighted by atomic mass is 35.5. The molecule has 1 atom stereocenters. The lowest BCUT2D eigenvalue weighted by Gasteiger charge is -2.09. The van der Waals surface area contributed by atoms with E-state index in [1.165, 1.54) is 0 Å². The molecular formula is C11H18ClN3O. The molecule has 1 aromatic heterocycles. The second kappa shape index (κ2) is 6.53. The Morgan fingerprint density at radius 1 is 1.56 bits per heavy atom. The van der Waals surface area contributed by atoms with E-state index < -0.39 is 0 Å². The van der Waals surface area contributed by atoms with Gasteiger partial charge in [0.15, 0.2) is 5.82 Å². The van der Waals surface area contributed by atoms with Gasteiger partial charge in [0, 0.05) is 30.9 Å². The van der Waals surface area contributed by atoms with Crippen molar-refractivity contribution < 1.29 is 0 Å². The van der Waals surface area contributed by atoms with Gasteiger partial charge in [-0.2, -0.15) is 0 Å². The van der Waals surface area contributed by atoms with E-state index in [1.807, 2.05) is 13.8 Å². The van der Waals surface area contributed by atoms with Crippen molar-refractivity contribution in [3.05, 3.63) is 22.7 Å².